The van der Waals surface area contributed by atoms with Gasteiger partial charge in [-0.1, -0.05) is 17.3 Å². The molecule has 0 aliphatic rings. The van der Waals surface area contributed by atoms with Gasteiger partial charge < -0.3 is 20.3 Å². The van der Waals surface area contributed by atoms with Crippen molar-refractivity contribution < 1.29 is 13.7 Å². The average Bonchev–Trinajstić information content (AvgIpc) is 3.08. The summed E-state index contributed by atoms with van der Waals surface area (Å²) in [6.45, 7) is 1.32. The lowest BCUT2D eigenvalue weighted by Gasteiger charge is -2.06. The second-order valence-electron chi connectivity index (χ2n) is 5.01. The fraction of sp³-hybridized carbons (Fsp3) is 0.176. The van der Waals surface area contributed by atoms with Crippen LogP contribution in [0.15, 0.2) is 53.1 Å². The molecule has 6 nitrogen and oxygen atoms in total. The molecule has 0 bridgehead atoms. The first-order valence-corrected chi connectivity index (χ1v) is 7.50. The van der Waals surface area contributed by atoms with Crippen LogP contribution in [0.1, 0.15) is 5.82 Å². The van der Waals surface area contributed by atoms with Crippen LogP contribution in [0.2, 0.25) is 0 Å². The van der Waals surface area contributed by atoms with Gasteiger partial charge in [-0.2, -0.15) is 4.98 Å². The van der Waals surface area contributed by atoms with Crippen molar-refractivity contribution >= 4 is 5.69 Å². The molecule has 0 amide bonds. The van der Waals surface area contributed by atoms with Crippen molar-refractivity contribution in [1.29, 1.82) is 0 Å². The van der Waals surface area contributed by atoms with Crippen molar-refractivity contribution in [2.24, 2.45) is 5.73 Å². The Morgan fingerprint density at radius 1 is 1.12 bits per heavy atom. The van der Waals surface area contributed by atoms with Gasteiger partial charge >= 0.3 is 0 Å². The molecule has 3 aromatic rings. The summed E-state index contributed by atoms with van der Waals surface area (Å²) in [5, 5.41) is 7.02. The second-order valence-corrected chi connectivity index (χ2v) is 5.01. The SMILES string of the molecule is NCCOc1ccc(NCc2noc(-c3ccccc3F)n2)cc1. The van der Waals surface area contributed by atoms with Gasteiger partial charge in [-0.25, -0.2) is 4.39 Å². The minimum absolute atomic E-state index is 0.162. The summed E-state index contributed by atoms with van der Waals surface area (Å²) in [4.78, 5) is 4.20. The van der Waals surface area contributed by atoms with Crippen molar-refractivity contribution in [2.75, 3.05) is 18.5 Å². The van der Waals surface area contributed by atoms with Crippen LogP contribution in [0.25, 0.3) is 11.5 Å². The van der Waals surface area contributed by atoms with Crippen molar-refractivity contribution in [3.63, 3.8) is 0 Å². The molecule has 0 saturated carbocycles. The molecule has 24 heavy (non-hydrogen) atoms. The van der Waals surface area contributed by atoms with Gasteiger partial charge in [-0.05, 0) is 36.4 Å². The minimum atomic E-state index is -0.395. The zero-order valence-corrected chi connectivity index (χ0v) is 12.9. The van der Waals surface area contributed by atoms with E-state index in [1.165, 1.54) is 6.07 Å². The Kier molecular flexibility index (Phi) is 5.02. The van der Waals surface area contributed by atoms with Crippen molar-refractivity contribution in [3.8, 4) is 17.2 Å². The predicted octanol–water partition coefficient (Wildman–Crippen LogP) is 2.83. The maximum Gasteiger partial charge on any atom is 0.260 e. The number of aromatic nitrogens is 2. The Bertz CT molecular complexity index is 789. The normalized spacial score (nSPS) is 10.6. The number of rotatable bonds is 7. The fourth-order valence-electron chi connectivity index (χ4n) is 2.10. The average molecular weight is 328 g/mol. The van der Waals surface area contributed by atoms with Crippen LogP contribution in [0, 0.1) is 5.82 Å². The second kappa shape index (κ2) is 7.56. The highest BCUT2D eigenvalue weighted by Gasteiger charge is 2.12. The van der Waals surface area contributed by atoms with Gasteiger partial charge in [0.1, 0.15) is 18.2 Å². The summed E-state index contributed by atoms with van der Waals surface area (Å²) in [5.74, 6) is 0.966. The number of hydrogen-bond acceptors (Lipinski definition) is 6. The van der Waals surface area contributed by atoms with Gasteiger partial charge in [0.05, 0.1) is 12.1 Å². The molecule has 0 radical (unpaired) electrons. The van der Waals surface area contributed by atoms with E-state index >= 15 is 0 Å². The number of anilines is 1. The molecule has 0 atom stereocenters. The van der Waals surface area contributed by atoms with E-state index in [1.807, 2.05) is 24.3 Å². The Morgan fingerprint density at radius 3 is 2.67 bits per heavy atom. The van der Waals surface area contributed by atoms with Crippen LogP contribution >= 0.6 is 0 Å². The predicted molar refractivity (Wildman–Crippen MR) is 88.0 cm³/mol. The first-order chi connectivity index (χ1) is 11.8. The standard InChI is InChI=1S/C17H17FN4O2/c18-15-4-2-1-3-14(15)17-21-16(22-24-17)11-20-12-5-7-13(8-6-12)23-10-9-19/h1-8,20H,9-11,19H2. The summed E-state index contributed by atoms with van der Waals surface area (Å²) in [6.07, 6.45) is 0. The molecular formula is C17H17FN4O2. The smallest absolute Gasteiger partial charge is 0.260 e. The maximum atomic E-state index is 13.7. The van der Waals surface area contributed by atoms with E-state index < -0.39 is 5.82 Å². The maximum absolute atomic E-state index is 13.7. The van der Waals surface area contributed by atoms with Crippen LogP contribution in [0.4, 0.5) is 10.1 Å². The van der Waals surface area contributed by atoms with E-state index in [0.29, 0.717) is 25.5 Å². The number of hydrogen-bond donors (Lipinski definition) is 2. The summed E-state index contributed by atoms with van der Waals surface area (Å²) in [6, 6.07) is 13.7. The van der Waals surface area contributed by atoms with E-state index in [0.717, 1.165) is 11.4 Å². The molecule has 7 heteroatoms. The molecule has 1 heterocycles. The van der Waals surface area contributed by atoms with Crippen LogP contribution in [0.5, 0.6) is 5.75 Å². The number of benzene rings is 2. The highest BCUT2D eigenvalue weighted by atomic mass is 19.1. The first kappa shape index (κ1) is 15.9. The van der Waals surface area contributed by atoms with Crippen LogP contribution < -0.4 is 15.8 Å². The number of ether oxygens (including phenoxy) is 1. The molecule has 0 aliphatic heterocycles. The van der Waals surface area contributed by atoms with Gasteiger partial charge in [0.15, 0.2) is 5.82 Å². The zero-order valence-electron chi connectivity index (χ0n) is 12.9. The third kappa shape index (κ3) is 3.88. The lowest BCUT2D eigenvalue weighted by Crippen LogP contribution is -2.10. The number of nitrogens with zero attached hydrogens (tertiary/aromatic N) is 2. The molecule has 3 rings (SSSR count). The largest absolute Gasteiger partial charge is 0.492 e. The topological polar surface area (TPSA) is 86.2 Å². The molecular weight excluding hydrogens is 311 g/mol. The Hall–Kier alpha value is -2.93. The lowest BCUT2D eigenvalue weighted by molar-refractivity contribution is 0.328. The van der Waals surface area contributed by atoms with Crippen LogP contribution in [-0.4, -0.2) is 23.3 Å². The highest BCUT2D eigenvalue weighted by Crippen LogP contribution is 2.21. The van der Waals surface area contributed by atoms with Crippen LogP contribution in [0.3, 0.4) is 0 Å². The molecule has 0 spiro atoms. The molecule has 1 aromatic heterocycles. The van der Waals surface area contributed by atoms with E-state index in [4.69, 9.17) is 15.0 Å². The summed E-state index contributed by atoms with van der Waals surface area (Å²) in [5.41, 5.74) is 6.56. The number of nitrogens with one attached hydrogen (secondary N) is 1. The zero-order chi connectivity index (χ0) is 16.8. The minimum Gasteiger partial charge on any atom is -0.492 e. The Labute approximate surface area is 138 Å². The van der Waals surface area contributed by atoms with Gasteiger partial charge in [0.2, 0.25) is 0 Å². The van der Waals surface area contributed by atoms with Crippen molar-refractivity contribution in [2.45, 2.75) is 6.54 Å². The monoisotopic (exact) mass is 328 g/mol. The number of nitrogens with two attached hydrogens (primary N) is 1. The quantitative estimate of drug-likeness (QED) is 0.693. The van der Waals surface area contributed by atoms with Gasteiger partial charge in [0, 0.05) is 12.2 Å². The summed E-state index contributed by atoms with van der Waals surface area (Å²) >= 11 is 0. The molecule has 2 aromatic carbocycles. The third-order valence-corrected chi connectivity index (χ3v) is 3.26. The van der Waals surface area contributed by atoms with E-state index in [-0.39, 0.29) is 11.5 Å². The van der Waals surface area contributed by atoms with Crippen molar-refractivity contribution in [3.05, 3.63) is 60.2 Å². The van der Waals surface area contributed by atoms with Crippen LogP contribution in [-0.2, 0) is 6.54 Å². The molecule has 124 valence electrons. The Balaban J connectivity index is 1.60. The summed E-state index contributed by atoms with van der Waals surface area (Å²) in [7, 11) is 0. The van der Waals surface area contributed by atoms with E-state index in [9.17, 15) is 4.39 Å². The van der Waals surface area contributed by atoms with Gasteiger partial charge in [-0.15, -0.1) is 0 Å². The fourth-order valence-corrected chi connectivity index (χ4v) is 2.10. The van der Waals surface area contributed by atoms with E-state index in [2.05, 4.69) is 15.5 Å². The lowest BCUT2D eigenvalue weighted by atomic mass is 10.2. The van der Waals surface area contributed by atoms with E-state index in [1.54, 1.807) is 18.2 Å². The first-order valence-electron chi connectivity index (χ1n) is 7.50. The third-order valence-electron chi connectivity index (χ3n) is 3.26. The molecule has 0 unspecified atom stereocenters. The van der Waals surface area contributed by atoms with Gasteiger partial charge in [-0.3, -0.25) is 0 Å². The Morgan fingerprint density at radius 2 is 1.92 bits per heavy atom. The molecule has 0 fully saturated rings. The summed E-state index contributed by atoms with van der Waals surface area (Å²) < 4.78 is 24.2. The van der Waals surface area contributed by atoms with Crippen molar-refractivity contribution in [1.82, 2.24) is 10.1 Å². The molecule has 3 N–H and O–H groups in total. The molecule has 0 aliphatic carbocycles. The molecule has 0 saturated heterocycles. The number of halogens is 1. The van der Waals surface area contributed by atoms with Gasteiger partial charge in [0.25, 0.3) is 5.89 Å². The highest BCUT2D eigenvalue weighted by molar-refractivity contribution is 5.53.